The van der Waals surface area contributed by atoms with Crippen LogP contribution in [-0.4, -0.2) is 69.1 Å². The predicted molar refractivity (Wildman–Crippen MR) is 109 cm³/mol. The van der Waals surface area contributed by atoms with Gasteiger partial charge in [-0.05, 0) is 30.7 Å². The summed E-state index contributed by atoms with van der Waals surface area (Å²) in [6, 6.07) is 5.91. The Kier molecular flexibility index (Phi) is 11.9. The van der Waals surface area contributed by atoms with E-state index in [0.717, 1.165) is 13.0 Å². The van der Waals surface area contributed by atoms with Crippen LogP contribution in [0.5, 0.6) is 5.75 Å². The monoisotopic (exact) mass is 466 g/mol. The first-order chi connectivity index (χ1) is 11.4. The zero-order chi connectivity index (χ0) is 17.9. The van der Waals surface area contributed by atoms with Crippen molar-refractivity contribution >= 4 is 35.8 Å². The lowest BCUT2D eigenvalue weighted by Gasteiger charge is -2.22. The Hall–Kier alpha value is -1.58. The summed E-state index contributed by atoms with van der Waals surface area (Å²) in [5.74, 6) is 0.937. The Morgan fingerprint density at radius 2 is 1.88 bits per heavy atom. The lowest BCUT2D eigenvalue weighted by Crippen LogP contribution is -2.42. The largest absolute Gasteiger partial charge is 0.492 e. The average Bonchev–Trinajstić information content (AvgIpc) is 2.56. The van der Waals surface area contributed by atoms with Crippen LogP contribution in [-0.2, 0) is 4.79 Å². The molecule has 8 heteroatoms. The highest BCUT2D eigenvalue weighted by Gasteiger charge is 2.08. The van der Waals surface area contributed by atoms with Gasteiger partial charge in [-0.3, -0.25) is 4.79 Å². The van der Waals surface area contributed by atoms with Crippen molar-refractivity contribution in [1.29, 1.82) is 0 Å². The van der Waals surface area contributed by atoms with Crippen LogP contribution >= 0.6 is 24.0 Å². The minimum atomic E-state index is -0.289. The number of halogens is 2. The maximum absolute atomic E-state index is 12.8. The number of aliphatic imine (C=N–C) groups is 1. The van der Waals surface area contributed by atoms with Crippen molar-refractivity contribution in [2.75, 3.05) is 47.4 Å². The van der Waals surface area contributed by atoms with Crippen LogP contribution in [0.4, 0.5) is 4.39 Å². The fraction of sp³-hybridized carbons (Fsp3) is 0.529. The molecule has 6 nitrogen and oxygen atoms in total. The van der Waals surface area contributed by atoms with Gasteiger partial charge in [0, 0.05) is 27.7 Å². The molecule has 0 saturated carbocycles. The van der Waals surface area contributed by atoms with Gasteiger partial charge in [0.2, 0.25) is 5.91 Å². The van der Waals surface area contributed by atoms with E-state index in [2.05, 4.69) is 17.2 Å². The number of nitrogens with zero attached hydrogens (tertiary/aromatic N) is 3. The summed E-state index contributed by atoms with van der Waals surface area (Å²) in [6.45, 7) is 3.95. The standard InChI is InChI=1S/C17H27FN4O2.HI/c1-5-10-19-17(20-13-16(23)21(2)3)22(4)11-12-24-15-8-6-14(18)7-9-15;/h6-9H,5,10-13H2,1-4H3,(H,19,20);1H. The van der Waals surface area contributed by atoms with Crippen LogP contribution in [0.2, 0.25) is 0 Å². The summed E-state index contributed by atoms with van der Waals surface area (Å²) in [7, 11) is 5.30. The molecule has 1 amide bonds. The zero-order valence-electron chi connectivity index (χ0n) is 15.3. The van der Waals surface area contributed by atoms with E-state index in [0.29, 0.717) is 24.9 Å². The third-order valence-corrected chi connectivity index (χ3v) is 3.27. The molecular formula is C17H28FIN4O2. The number of guanidine groups is 1. The molecule has 1 aromatic rings. The third kappa shape index (κ3) is 9.47. The maximum Gasteiger partial charge on any atom is 0.243 e. The minimum Gasteiger partial charge on any atom is -0.492 e. The van der Waals surface area contributed by atoms with Crippen LogP contribution in [0, 0.1) is 5.82 Å². The molecular weight excluding hydrogens is 438 g/mol. The Bertz CT molecular complexity index is 538. The number of carbonyl (C=O) groups excluding carboxylic acids is 1. The summed E-state index contributed by atoms with van der Waals surface area (Å²) >= 11 is 0. The normalized spacial score (nSPS) is 10.7. The number of hydrogen-bond donors (Lipinski definition) is 1. The highest BCUT2D eigenvalue weighted by molar-refractivity contribution is 14.0. The number of ether oxygens (including phenoxy) is 1. The molecule has 1 N–H and O–H groups in total. The van der Waals surface area contributed by atoms with Crippen LogP contribution < -0.4 is 10.1 Å². The van der Waals surface area contributed by atoms with E-state index in [1.54, 1.807) is 26.2 Å². The zero-order valence-corrected chi connectivity index (χ0v) is 17.6. The van der Waals surface area contributed by atoms with Crippen molar-refractivity contribution < 1.29 is 13.9 Å². The van der Waals surface area contributed by atoms with Crippen molar-refractivity contribution in [1.82, 2.24) is 15.1 Å². The van der Waals surface area contributed by atoms with Gasteiger partial charge in [-0.2, -0.15) is 0 Å². The van der Waals surface area contributed by atoms with E-state index in [4.69, 9.17) is 4.74 Å². The summed E-state index contributed by atoms with van der Waals surface area (Å²) in [5, 5.41) is 3.22. The summed E-state index contributed by atoms with van der Waals surface area (Å²) < 4.78 is 18.4. The number of rotatable bonds is 8. The van der Waals surface area contributed by atoms with Gasteiger partial charge in [-0.25, -0.2) is 9.38 Å². The van der Waals surface area contributed by atoms with Crippen LogP contribution in [0.3, 0.4) is 0 Å². The highest BCUT2D eigenvalue weighted by Crippen LogP contribution is 2.10. The van der Waals surface area contributed by atoms with Gasteiger partial charge in [0.25, 0.3) is 0 Å². The Labute approximate surface area is 166 Å². The van der Waals surface area contributed by atoms with Gasteiger partial charge in [-0.1, -0.05) is 6.92 Å². The van der Waals surface area contributed by atoms with Gasteiger partial charge in [0.05, 0.1) is 6.54 Å². The fourth-order valence-corrected chi connectivity index (χ4v) is 1.77. The van der Waals surface area contributed by atoms with Crippen molar-refractivity contribution in [2.45, 2.75) is 13.3 Å². The van der Waals surface area contributed by atoms with Crippen LogP contribution in [0.1, 0.15) is 13.3 Å². The number of likely N-dealkylation sites (N-methyl/N-ethyl adjacent to an activating group) is 2. The van der Waals surface area contributed by atoms with Crippen molar-refractivity contribution in [3.05, 3.63) is 30.1 Å². The molecule has 0 heterocycles. The van der Waals surface area contributed by atoms with Gasteiger partial charge >= 0.3 is 0 Å². The fourth-order valence-electron chi connectivity index (χ4n) is 1.77. The molecule has 0 unspecified atom stereocenters. The minimum absolute atomic E-state index is 0. The average molecular weight is 466 g/mol. The number of amides is 1. The molecule has 0 aliphatic carbocycles. The number of benzene rings is 1. The smallest absolute Gasteiger partial charge is 0.243 e. The van der Waals surface area contributed by atoms with Gasteiger partial charge in [0.1, 0.15) is 24.7 Å². The van der Waals surface area contributed by atoms with E-state index >= 15 is 0 Å². The van der Waals surface area contributed by atoms with E-state index in [-0.39, 0.29) is 42.2 Å². The molecule has 0 aliphatic rings. The molecule has 0 radical (unpaired) electrons. The van der Waals surface area contributed by atoms with Gasteiger partial charge in [0.15, 0.2) is 5.96 Å². The van der Waals surface area contributed by atoms with Gasteiger partial charge in [-0.15, -0.1) is 24.0 Å². The third-order valence-electron chi connectivity index (χ3n) is 3.27. The van der Waals surface area contributed by atoms with E-state index in [9.17, 15) is 9.18 Å². The number of nitrogens with one attached hydrogen (secondary N) is 1. The lowest BCUT2D eigenvalue weighted by atomic mass is 10.3. The molecule has 0 aromatic heterocycles. The van der Waals surface area contributed by atoms with Crippen molar-refractivity contribution in [3.8, 4) is 5.75 Å². The van der Waals surface area contributed by atoms with E-state index in [1.165, 1.54) is 17.0 Å². The van der Waals surface area contributed by atoms with Crippen molar-refractivity contribution in [3.63, 3.8) is 0 Å². The lowest BCUT2D eigenvalue weighted by molar-refractivity contribution is -0.127. The molecule has 0 bridgehead atoms. The quantitative estimate of drug-likeness (QED) is 0.363. The van der Waals surface area contributed by atoms with Crippen LogP contribution in [0.15, 0.2) is 29.3 Å². The summed E-state index contributed by atoms with van der Waals surface area (Å²) in [5.41, 5.74) is 0. The number of carbonyl (C=O) groups is 1. The Balaban J connectivity index is 0.00000576. The second kappa shape index (κ2) is 12.7. The molecule has 0 fully saturated rings. The first-order valence-corrected chi connectivity index (χ1v) is 8.02. The summed E-state index contributed by atoms with van der Waals surface area (Å²) in [6.07, 6.45) is 0.959. The topological polar surface area (TPSA) is 57.2 Å². The first kappa shape index (κ1) is 23.4. The molecule has 1 aromatic carbocycles. The van der Waals surface area contributed by atoms with Crippen molar-refractivity contribution in [2.24, 2.45) is 4.99 Å². The SMILES string of the molecule is CCCNC(=NCC(=O)N(C)C)N(C)CCOc1ccc(F)cc1.I. The summed E-state index contributed by atoms with van der Waals surface area (Å²) in [4.78, 5) is 19.5. The Morgan fingerprint density at radius 3 is 2.44 bits per heavy atom. The molecule has 0 aliphatic heterocycles. The van der Waals surface area contributed by atoms with Gasteiger partial charge < -0.3 is 19.9 Å². The molecule has 0 spiro atoms. The molecule has 0 saturated heterocycles. The van der Waals surface area contributed by atoms with E-state index in [1.807, 2.05) is 11.9 Å². The molecule has 0 atom stereocenters. The highest BCUT2D eigenvalue weighted by atomic mass is 127. The second-order valence-corrected chi connectivity index (χ2v) is 5.58. The maximum atomic E-state index is 12.8. The number of hydrogen-bond acceptors (Lipinski definition) is 3. The molecule has 25 heavy (non-hydrogen) atoms. The predicted octanol–water partition coefficient (Wildman–Crippen LogP) is 2.20. The molecule has 142 valence electrons. The first-order valence-electron chi connectivity index (χ1n) is 8.02. The Morgan fingerprint density at radius 1 is 1.24 bits per heavy atom. The second-order valence-electron chi connectivity index (χ2n) is 5.58. The van der Waals surface area contributed by atoms with E-state index < -0.39 is 0 Å². The molecule has 1 rings (SSSR count). The van der Waals surface area contributed by atoms with Crippen LogP contribution in [0.25, 0.3) is 0 Å².